The summed E-state index contributed by atoms with van der Waals surface area (Å²) in [5.41, 5.74) is 5.39. The van der Waals surface area contributed by atoms with Gasteiger partial charge in [0.1, 0.15) is 0 Å². The first-order chi connectivity index (χ1) is 10.3. The first-order valence-corrected chi connectivity index (χ1v) is 8.58. The van der Waals surface area contributed by atoms with Crippen molar-refractivity contribution in [3.8, 4) is 0 Å². The fraction of sp³-hybridized carbons (Fsp3) is 1.00. The third kappa shape index (κ3) is 11.1. The lowest BCUT2D eigenvalue weighted by molar-refractivity contribution is -0.0347. The largest absolute Gasteiger partial charge is 0.379 e. The highest BCUT2D eigenvalue weighted by Gasteiger charge is 2.19. The maximum absolute atomic E-state index is 5.79. The Hall–Kier alpha value is -0.200. The average Bonchev–Trinajstić information content (AvgIpc) is 2.54. The number of rotatable bonds is 10. The predicted molar refractivity (Wildman–Crippen MR) is 94.0 cm³/mol. The Labute approximate surface area is 134 Å². The second-order valence-electron chi connectivity index (χ2n) is 5.37. The maximum atomic E-state index is 5.79. The fourth-order valence-electron chi connectivity index (χ4n) is 2.12. The van der Waals surface area contributed by atoms with Gasteiger partial charge in [0.25, 0.3) is 0 Å². The number of nitrogens with one attached hydrogen (secondary N) is 1. The molecule has 1 heterocycles. The van der Waals surface area contributed by atoms with Gasteiger partial charge in [-0.25, -0.2) is 0 Å². The first-order valence-electron chi connectivity index (χ1n) is 8.58. The van der Waals surface area contributed by atoms with E-state index in [1.54, 1.807) is 0 Å². The van der Waals surface area contributed by atoms with Crippen molar-refractivity contribution in [2.24, 2.45) is 11.7 Å². The normalized spacial score (nSPS) is 20.7. The van der Waals surface area contributed by atoms with Crippen LogP contribution in [0.1, 0.15) is 37.0 Å². The molecule has 0 amide bonds. The van der Waals surface area contributed by atoms with E-state index in [0.717, 1.165) is 51.9 Å². The zero-order valence-corrected chi connectivity index (χ0v) is 14.6. The molecule has 1 fully saturated rings. The highest BCUT2D eigenvalue weighted by atomic mass is 16.5. The first kappa shape index (κ1) is 20.8. The molecule has 0 saturated carbocycles. The summed E-state index contributed by atoms with van der Waals surface area (Å²) in [7, 11) is 0. The lowest BCUT2D eigenvalue weighted by Gasteiger charge is -2.33. The zero-order chi connectivity index (χ0) is 15.9. The fourth-order valence-corrected chi connectivity index (χ4v) is 2.12. The van der Waals surface area contributed by atoms with Crippen LogP contribution in [-0.4, -0.2) is 70.1 Å². The van der Waals surface area contributed by atoms with Gasteiger partial charge in [-0.1, -0.05) is 34.1 Å². The van der Waals surface area contributed by atoms with Crippen molar-refractivity contribution in [2.75, 3.05) is 59.1 Å². The Morgan fingerprint density at radius 3 is 2.86 bits per heavy atom. The second kappa shape index (κ2) is 14.7. The Morgan fingerprint density at radius 1 is 1.43 bits per heavy atom. The van der Waals surface area contributed by atoms with Gasteiger partial charge in [-0.15, -0.1) is 0 Å². The topological polar surface area (TPSA) is 59.8 Å². The number of hydrogen-bond acceptors (Lipinski definition) is 5. The van der Waals surface area contributed by atoms with E-state index in [0.29, 0.717) is 19.3 Å². The van der Waals surface area contributed by atoms with Crippen LogP contribution in [0.15, 0.2) is 0 Å². The lowest BCUT2D eigenvalue weighted by atomic mass is 10.1. The molecular formula is C16H41N3O2. The van der Waals surface area contributed by atoms with E-state index in [9.17, 15) is 0 Å². The SMILES string of the molecule is CC.CCC(C)CNCC1CN(CCOCCN)CCO1.[HH].[HH]. The van der Waals surface area contributed by atoms with E-state index in [2.05, 4.69) is 24.1 Å². The number of ether oxygens (including phenoxy) is 2. The van der Waals surface area contributed by atoms with Crippen molar-refractivity contribution in [3.63, 3.8) is 0 Å². The van der Waals surface area contributed by atoms with Crippen molar-refractivity contribution < 1.29 is 12.3 Å². The molecule has 2 unspecified atom stereocenters. The third-order valence-electron chi connectivity index (χ3n) is 3.60. The van der Waals surface area contributed by atoms with E-state index in [4.69, 9.17) is 15.2 Å². The Bertz CT molecular complexity index is 228. The van der Waals surface area contributed by atoms with Gasteiger partial charge in [-0.3, -0.25) is 4.90 Å². The maximum Gasteiger partial charge on any atom is 0.0826 e. The minimum Gasteiger partial charge on any atom is -0.379 e. The van der Waals surface area contributed by atoms with Crippen LogP contribution in [0.25, 0.3) is 0 Å². The molecule has 0 aromatic heterocycles. The molecule has 0 aromatic carbocycles. The van der Waals surface area contributed by atoms with Crippen molar-refractivity contribution >= 4 is 0 Å². The van der Waals surface area contributed by atoms with Gasteiger partial charge < -0.3 is 20.5 Å². The monoisotopic (exact) mass is 307 g/mol. The van der Waals surface area contributed by atoms with Gasteiger partial charge >= 0.3 is 0 Å². The quantitative estimate of drug-likeness (QED) is 0.603. The summed E-state index contributed by atoms with van der Waals surface area (Å²) in [5.74, 6) is 0.740. The van der Waals surface area contributed by atoms with Gasteiger partial charge in [0, 0.05) is 35.6 Å². The molecule has 5 nitrogen and oxygen atoms in total. The van der Waals surface area contributed by atoms with Gasteiger partial charge in [0.15, 0.2) is 0 Å². The van der Waals surface area contributed by atoms with E-state index < -0.39 is 0 Å². The lowest BCUT2D eigenvalue weighted by Crippen LogP contribution is -2.48. The molecule has 1 saturated heterocycles. The average molecular weight is 308 g/mol. The van der Waals surface area contributed by atoms with Crippen LogP contribution in [0, 0.1) is 5.92 Å². The van der Waals surface area contributed by atoms with Crippen LogP contribution in [0.5, 0.6) is 0 Å². The highest BCUT2D eigenvalue weighted by molar-refractivity contribution is 4.73. The molecule has 0 bridgehead atoms. The molecule has 0 aliphatic carbocycles. The summed E-state index contributed by atoms with van der Waals surface area (Å²) < 4.78 is 11.2. The molecule has 0 spiro atoms. The van der Waals surface area contributed by atoms with Crippen molar-refractivity contribution in [2.45, 2.75) is 40.2 Å². The van der Waals surface area contributed by atoms with Crippen LogP contribution in [0.2, 0.25) is 0 Å². The minimum atomic E-state index is 0. The van der Waals surface area contributed by atoms with Gasteiger partial charge in [0.2, 0.25) is 0 Å². The molecule has 3 N–H and O–H groups in total. The number of nitrogens with zero attached hydrogens (tertiary/aromatic N) is 1. The molecule has 21 heavy (non-hydrogen) atoms. The van der Waals surface area contributed by atoms with Crippen LogP contribution in [-0.2, 0) is 9.47 Å². The molecule has 0 radical (unpaired) electrons. The van der Waals surface area contributed by atoms with E-state index in [1.165, 1.54) is 6.42 Å². The van der Waals surface area contributed by atoms with Crippen molar-refractivity contribution in [1.82, 2.24) is 10.2 Å². The molecule has 1 aliphatic heterocycles. The number of morpholine rings is 1. The van der Waals surface area contributed by atoms with Crippen LogP contribution >= 0.6 is 0 Å². The molecular weight excluding hydrogens is 266 g/mol. The molecule has 132 valence electrons. The highest BCUT2D eigenvalue weighted by Crippen LogP contribution is 2.05. The standard InChI is InChI=1S/C14H31N3O2.C2H6.2H2/c1-3-13(2)10-16-11-14-12-17(6-9-19-14)5-8-18-7-4-15;1-2;;/h13-14,16H,3-12,15H2,1-2H3;1-2H3;2*1H. The summed E-state index contributed by atoms with van der Waals surface area (Å²) >= 11 is 0. The molecule has 1 aliphatic rings. The van der Waals surface area contributed by atoms with Crippen LogP contribution in [0.3, 0.4) is 0 Å². The summed E-state index contributed by atoms with van der Waals surface area (Å²) in [4.78, 5) is 2.41. The molecule has 0 aromatic rings. The molecule has 1 rings (SSSR count). The van der Waals surface area contributed by atoms with E-state index in [-0.39, 0.29) is 2.85 Å². The molecule has 5 heteroatoms. The third-order valence-corrected chi connectivity index (χ3v) is 3.60. The summed E-state index contributed by atoms with van der Waals surface area (Å²) in [6, 6.07) is 0. The smallest absolute Gasteiger partial charge is 0.0826 e. The predicted octanol–water partition coefficient (Wildman–Crippen LogP) is 1.82. The number of hydrogen-bond donors (Lipinski definition) is 2. The summed E-state index contributed by atoms with van der Waals surface area (Å²) in [5, 5.41) is 3.50. The van der Waals surface area contributed by atoms with Gasteiger partial charge in [-0.2, -0.15) is 0 Å². The molecule has 2 atom stereocenters. The van der Waals surface area contributed by atoms with E-state index in [1.807, 2.05) is 13.8 Å². The summed E-state index contributed by atoms with van der Waals surface area (Å²) in [6.07, 6.45) is 1.54. The zero-order valence-electron chi connectivity index (χ0n) is 14.6. The second-order valence-corrected chi connectivity index (χ2v) is 5.37. The number of nitrogens with two attached hydrogens (primary N) is 1. The van der Waals surface area contributed by atoms with Gasteiger partial charge in [-0.05, 0) is 12.5 Å². The Balaban J connectivity index is -0.000000960. The Kier molecular flexibility index (Phi) is 14.6. The van der Waals surface area contributed by atoms with Crippen molar-refractivity contribution in [3.05, 3.63) is 0 Å². The minimum absolute atomic E-state index is 0. The van der Waals surface area contributed by atoms with Crippen LogP contribution < -0.4 is 11.1 Å². The Morgan fingerprint density at radius 2 is 2.19 bits per heavy atom. The van der Waals surface area contributed by atoms with Gasteiger partial charge in [0.05, 0.1) is 25.9 Å². The van der Waals surface area contributed by atoms with Crippen molar-refractivity contribution in [1.29, 1.82) is 0 Å². The van der Waals surface area contributed by atoms with Crippen LogP contribution in [0.4, 0.5) is 0 Å². The summed E-state index contributed by atoms with van der Waals surface area (Å²) in [6.45, 7) is 16.4. The van der Waals surface area contributed by atoms with E-state index >= 15 is 0 Å².